The van der Waals surface area contributed by atoms with E-state index in [0.717, 1.165) is 19.4 Å². The highest BCUT2D eigenvalue weighted by molar-refractivity contribution is 5.71. The van der Waals surface area contributed by atoms with Crippen molar-refractivity contribution in [3.05, 3.63) is 0 Å². The molecule has 1 N–H and O–H groups in total. The number of carboxylic acids is 1. The molecule has 0 amide bonds. The van der Waals surface area contributed by atoms with Crippen LogP contribution in [0, 0.1) is 11.8 Å². The fourth-order valence-electron chi connectivity index (χ4n) is 2.48. The molecule has 0 aromatic carbocycles. The molecule has 3 nitrogen and oxygen atoms in total. The highest BCUT2D eigenvalue weighted by atomic mass is 16.4. The highest BCUT2D eigenvalue weighted by Crippen LogP contribution is 2.41. The third-order valence-electron chi connectivity index (χ3n) is 3.13. The number of carboxylic acid groups (broad SMARTS) is 1. The molecule has 0 aromatic heterocycles. The summed E-state index contributed by atoms with van der Waals surface area (Å²) in [5.41, 5.74) is 0. The largest absolute Gasteiger partial charge is 0.481 e. The van der Waals surface area contributed by atoms with Crippen molar-refractivity contribution in [2.75, 3.05) is 13.6 Å². The molecule has 62 valence electrons. The Morgan fingerprint density at radius 2 is 2.27 bits per heavy atom. The lowest BCUT2D eigenvalue weighted by atomic mass is 9.95. The van der Waals surface area contributed by atoms with Crippen molar-refractivity contribution in [3.63, 3.8) is 0 Å². The van der Waals surface area contributed by atoms with Crippen LogP contribution >= 0.6 is 0 Å². The Hall–Kier alpha value is -0.570. The van der Waals surface area contributed by atoms with Crippen LogP contribution in [0.1, 0.15) is 12.8 Å². The molecule has 0 spiro atoms. The van der Waals surface area contributed by atoms with Gasteiger partial charge in [-0.25, -0.2) is 0 Å². The van der Waals surface area contributed by atoms with Crippen LogP contribution < -0.4 is 0 Å². The van der Waals surface area contributed by atoms with E-state index in [1.54, 1.807) is 0 Å². The van der Waals surface area contributed by atoms with Crippen molar-refractivity contribution < 1.29 is 9.90 Å². The number of piperidine rings is 1. The molecule has 11 heavy (non-hydrogen) atoms. The molecule has 1 aliphatic heterocycles. The Morgan fingerprint density at radius 3 is 2.64 bits per heavy atom. The quantitative estimate of drug-likeness (QED) is 0.596. The Balaban J connectivity index is 2.08. The van der Waals surface area contributed by atoms with Crippen molar-refractivity contribution in [1.82, 2.24) is 4.90 Å². The standard InChI is InChI=1S/C8H13NO2/c1-9-4-5-2-6(9)3-7(5)8(10)11/h5-7H,2-4H2,1H3,(H,10,11). The van der Waals surface area contributed by atoms with Gasteiger partial charge in [0.2, 0.25) is 0 Å². The SMILES string of the molecule is CN1CC2CC1CC2C(=O)O. The number of aliphatic carboxylic acids is 1. The summed E-state index contributed by atoms with van der Waals surface area (Å²) in [4.78, 5) is 13.0. The lowest BCUT2D eigenvalue weighted by Crippen LogP contribution is -2.34. The molecule has 3 heteroatoms. The van der Waals surface area contributed by atoms with E-state index in [0.29, 0.717) is 12.0 Å². The topological polar surface area (TPSA) is 40.5 Å². The second kappa shape index (κ2) is 2.21. The van der Waals surface area contributed by atoms with Gasteiger partial charge in [-0.2, -0.15) is 0 Å². The van der Waals surface area contributed by atoms with Crippen molar-refractivity contribution in [2.24, 2.45) is 11.8 Å². The van der Waals surface area contributed by atoms with Crippen molar-refractivity contribution in [1.29, 1.82) is 0 Å². The molecule has 2 fully saturated rings. The van der Waals surface area contributed by atoms with E-state index < -0.39 is 5.97 Å². The van der Waals surface area contributed by atoms with E-state index in [1.165, 1.54) is 0 Å². The lowest BCUT2D eigenvalue weighted by Gasteiger charge is -2.25. The van der Waals surface area contributed by atoms with E-state index in [-0.39, 0.29) is 5.92 Å². The van der Waals surface area contributed by atoms with Crippen LogP contribution in [-0.2, 0) is 4.79 Å². The van der Waals surface area contributed by atoms with E-state index in [9.17, 15) is 4.79 Å². The maximum atomic E-state index is 10.7. The summed E-state index contributed by atoms with van der Waals surface area (Å²) < 4.78 is 0. The van der Waals surface area contributed by atoms with Gasteiger partial charge < -0.3 is 10.0 Å². The number of nitrogens with zero attached hydrogens (tertiary/aromatic N) is 1. The zero-order valence-electron chi connectivity index (χ0n) is 6.66. The monoisotopic (exact) mass is 155 g/mol. The highest BCUT2D eigenvalue weighted by Gasteiger charge is 2.45. The van der Waals surface area contributed by atoms with Gasteiger partial charge in [-0.1, -0.05) is 0 Å². The molecule has 3 atom stereocenters. The summed E-state index contributed by atoms with van der Waals surface area (Å²) in [5, 5.41) is 8.80. The predicted molar refractivity (Wildman–Crippen MR) is 40.3 cm³/mol. The molecular formula is C8H13NO2. The van der Waals surface area contributed by atoms with E-state index >= 15 is 0 Å². The summed E-state index contributed by atoms with van der Waals surface area (Å²) in [5.74, 6) is -0.204. The van der Waals surface area contributed by atoms with Gasteiger partial charge in [-0.05, 0) is 25.8 Å². The zero-order valence-corrected chi connectivity index (χ0v) is 6.66. The number of fused-ring (bicyclic) bond motifs is 2. The third kappa shape index (κ3) is 0.948. The Kier molecular flexibility index (Phi) is 1.42. The lowest BCUT2D eigenvalue weighted by molar-refractivity contribution is -0.143. The van der Waals surface area contributed by atoms with Gasteiger partial charge in [0, 0.05) is 12.6 Å². The average Bonchev–Trinajstić information content (AvgIpc) is 2.43. The molecule has 1 saturated heterocycles. The second-order valence-electron chi connectivity index (χ2n) is 3.77. The molecule has 0 aromatic rings. The molecule has 2 bridgehead atoms. The van der Waals surface area contributed by atoms with Crippen LogP contribution in [0.5, 0.6) is 0 Å². The van der Waals surface area contributed by atoms with Gasteiger partial charge in [0.1, 0.15) is 0 Å². The second-order valence-corrected chi connectivity index (χ2v) is 3.77. The first-order valence-electron chi connectivity index (χ1n) is 4.11. The summed E-state index contributed by atoms with van der Waals surface area (Å²) in [6.45, 7) is 0.988. The van der Waals surface area contributed by atoms with Crippen LogP contribution in [0.4, 0.5) is 0 Å². The fourth-order valence-corrected chi connectivity index (χ4v) is 2.48. The van der Waals surface area contributed by atoms with E-state index in [1.807, 2.05) is 0 Å². The van der Waals surface area contributed by atoms with Gasteiger partial charge >= 0.3 is 5.97 Å². The first-order valence-corrected chi connectivity index (χ1v) is 4.11. The number of rotatable bonds is 1. The van der Waals surface area contributed by atoms with Gasteiger partial charge in [-0.3, -0.25) is 4.79 Å². The van der Waals surface area contributed by atoms with Gasteiger partial charge in [0.15, 0.2) is 0 Å². The first-order chi connectivity index (χ1) is 5.18. The van der Waals surface area contributed by atoms with Gasteiger partial charge in [-0.15, -0.1) is 0 Å². The van der Waals surface area contributed by atoms with Gasteiger partial charge in [0.05, 0.1) is 5.92 Å². The molecule has 2 aliphatic rings. The van der Waals surface area contributed by atoms with Crippen LogP contribution in [0.15, 0.2) is 0 Å². The summed E-state index contributed by atoms with van der Waals surface area (Å²) in [7, 11) is 2.09. The van der Waals surface area contributed by atoms with Crippen molar-refractivity contribution in [3.8, 4) is 0 Å². The molecule has 1 saturated carbocycles. The maximum Gasteiger partial charge on any atom is 0.306 e. The molecular weight excluding hydrogens is 142 g/mol. The third-order valence-corrected chi connectivity index (χ3v) is 3.13. The normalized spacial score (nSPS) is 43.2. The zero-order chi connectivity index (χ0) is 8.01. The summed E-state index contributed by atoms with van der Waals surface area (Å²) >= 11 is 0. The van der Waals surface area contributed by atoms with E-state index in [2.05, 4.69) is 11.9 Å². The minimum Gasteiger partial charge on any atom is -0.481 e. The summed E-state index contributed by atoms with van der Waals surface area (Å²) in [6.07, 6.45) is 1.98. The van der Waals surface area contributed by atoms with Crippen LogP contribution in [-0.4, -0.2) is 35.6 Å². The van der Waals surface area contributed by atoms with Crippen molar-refractivity contribution >= 4 is 5.97 Å². The van der Waals surface area contributed by atoms with Crippen LogP contribution in [0.2, 0.25) is 0 Å². The number of likely N-dealkylation sites (tertiary alicyclic amines) is 1. The Morgan fingerprint density at radius 1 is 1.55 bits per heavy atom. The van der Waals surface area contributed by atoms with Crippen molar-refractivity contribution in [2.45, 2.75) is 18.9 Å². The average molecular weight is 155 g/mol. The Bertz CT molecular complexity index is 191. The maximum absolute atomic E-state index is 10.7. The number of carbonyl (C=O) groups is 1. The Labute approximate surface area is 66.0 Å². The predicted octanol–water partition coefficient (Wildman–Crippen LogP) is 0.411. The fraction of sp³-hybridized carbons (Fsp3) is 0.875. The summed E-state index contributed by atoms with van der Waals surface area (Å²) in [6, 6.07) is 0.557. The van der Waals surface area contributed by atoms with Gasteiger partial charge in [0.25, 0.3) is 0 Å². The first kappa shape index (κ1) is 7.10. The number of hydrogen-bond donors (Lipinski definition) is 1. The molecule has 1 aliphatic carbocycles. The minimum absolute atomic E-state index is 0.0452. The number of hydrogen-bond acceptors (Lipinski definition) is 2. The van der Waals surface area contributed by atoms with Crippen LogP contribution in [0.25, 0.3) is 0 Å². The minimum atomic E-state index is -0.592. The molecule has 1 heterocycles. The van der Waals surface area contributed by atoms with E-state index in [4.69, 9.17) is 5.11 Å². The smallest absolute Gasteiger partial charge is 0.306 e. The van der Waals surface area contributed by atoms with Crippen LogP contribution in [0.3, 0.4) is 0 Å². The molecule has 0 radical (unpaired) electrons. The molecule has 3 unspecified atom stereocenters. The molecule has 2 rings (SSSR count).